The first-order chi connectivity index (χ1) is 11.2. The highest BCUT2D eigenvalue weighted by Crippen LogP contribution is 2.21. The Morgan fingerprint density at radius 3 is 2.62 bits per heavy atom. The summed E-state index contributed by atoms with van der Waals surface area (Å²) < 4.78 is 1.60. The molecule has 24 heavy (non-hydrogen) atoms. The van der Waals surface area contributed by atoms with Gasteiger partial charge in [0.2, 0.25) is 5.91 Å². The third-order valence-corrected chi connectivity index (χ3v) is 4.09. The molecule has 1 fully saturated rings. The van der Waals surface area contributed by atoms with Crippen molar-refractivity contribution in [2.24, 2.45) is 18.7 Å². The van der Waals surface area contributed by atoms with Gasteiger partial charge in [0, 0.05) is 25.7 Å². The molecule has 0 spiro atoms. The van der Waals surface area contributed by atoms with Crippen LogP contribution in [0.3, 0.4) is 0 Å². The number of nitrogens with one attached hydrogen (secondary N) is 1. The lowest BCUT2D eigenvalue weighted by Gasteiger charge is -2.24. The monoisotopic (exact) mass is 335 g/mol. The number of rotatable bonds is 5. The number of carbonyl (C=O) groups excluding carboxylic acids is 2. The predicted molar refractivity (Wildman–Crippen MR) is 92.4 cm³/mol. The van der Waals surface area contributed by atoms with E-state index in [0.29, 0.717) is 24.6 Å². The smallest absolute Gasteiger partial charge is 0.272 e. The average molecular weight is 335 g/mol. The topological polar surface area (TPSA) is 93.2 Å². The summed E-state index contributed by atoms with van der Waals surface area (Å²) in [5, 5.41) is 7.29. The third-order valence-electron chi connectivity index (χ3n) is 4.09. The summed E-state index contributed by atoms with van der Waals surface area (Å²) in [6.45, 7) is 8.42. The van der Waals surface area contributed by atoms with Gasteiger partial charge in [0.05, 0.1) is 5.69 Å². The second-order valence-corrected chi connectivity index (χ2v) is 7.37. The van der Waals surface area contributed by atoms with Gasteiger partial charge in [-0.3, -0.25) is 14.3 Å². The molecule has 0 saturated carbocycles. The molecule has 2 amide bonds. The fourth-order valence-corrected chi connectivity index (χ4v) is 3.11. The Kier molecular flexibility index (Phi) is 5.64. The molecule has 2 heterocycles. The molecule has 1 aliphatic rings. The van der Waals surface area contributed by atoms with E-state index in [1.807, 2.05) is 19.9 Å². The van der Waals surface area contributed by atoms with Crippen LogP contribution in [-0.2, 0) is 18.3 Å². The van der Waals surface area contributed by atoms with Crippen molar-refractivity contribution in [2.45, 2.75) is 58.7 Å². The molecule has 7 heteroatoms. The Labute approximate surface area is 143 Å². The maximum Gasteiger partial charge on any atom is 0.272 e. The number of aryl methyl sites for hydroxylation is 1. The number of hydrogen-bond acceptors (Lipinski definition) is 4. The predicted octanol–water partition coefficient (Wildman–Crippen LogP) is 0.685. The van der Waals surface area contributed by atoms with Crippen molar-refractivity contribution in [3.05, 3.63) is 17.5 Å². The van der Waals surface area contributed by atoms with Crippen LogP contribution in [0.4, 0.5) is 0 Å². The minimum Gasteiger partial charge on any atom is -0.352 e. The lowest BCUT2D eigenvalue weighted by Crippen LogP contribution is -2.48. The molecule has 1 saturated heterocycles. The molecule has 0 unspecified atom stereocenters. The van der Waals surface area contributed by atoms with E-state index in [2.05, 4.69) is 24.3 Å². The van der Waals surface area contributed by atoms with E-state index in [9.17, 15) is 9.59 Å². The summed E-state index contributed by atoms with van der Waals surface area (Å²) in [5.41, 5.74) is 7.41. The number of aromatic nitrogens is 2. The summed E-state index contributed by atoms with van der Waals surface area (Å²) >= 11 is 0. The molecular formula is C17H29N5O2. The van der Waals surface area contributed by atoms with Crippen LogP contribution < -0.4 is 11.1 Å². The van der Waals surface area contributed by atoms with Crippen molar-refractivity contribution in [3.8, 4) is 0 Å². The van der Waals surface area contributed by atoms with E-state index in [0.717, 1.165) is 12.1 Å². The summed E-state index contributed by atoms with van der Waals surface area (Å²) in [7, 11) is 1.76. The number of hydrogen-bond donors (Lipinski definition) is 2. The van der Waals surface area contributed by atoms with Crippen LogP contribution in [-0.4, -0.2) is 51.2 Å². The van der Waals surface area contributed by atoms with E-state index in [-0.39, 0.29) is 23.9 Å². The van der Waals surface area contributed by atoms with Crippen molar-refractivity contribution in [2.75, 3.05) is 6.54 Å². The maximum atomic E-state index is 12.9. The minimum atomic E-state index is -0.515. The fourth-order valence-electron chi connectivity index (χ4n) is 3.11. The van der Waals surface area contributed by atoms with Gasteiger partial charge in [0.1, 0.15) is 11.7 Å². The van der Waals surface area contributed by atoms with Crippen LogP contribution in [0.2, 0.25) is 0 Å². The van der Waals surface area contributed by atoms with E-state index >= 15 is 0 Å². The highest BCUT2D eigenvalue weighted by Gasteiger charge is 2.39. The SMILES string of the molecule is CC(C)Cc1cc(C(=O)N2C[C@H](N)C[C@H]2C(=O)NC(C)C)n(C)n1. The molecule has 2 rings (SSSR count). The van der Waals surface area contributed by atoms with Gasteiger partial charge in [-0.15, -0.1) is 0 Å². The van der Waals surface area contributed by atoms with Gasteiger partial charge < -0.3 is 16.0 Å². The van der Waals surface area contributed by atoms with Crippen LogP contribution in [0.5, 0.6) is 0 Å². The molecule has 3 N–H and O–H groups in total. The first kappa shape index (κ1) is 18.4. The first-order valence-corrected chi connectivity index (χ1v) is 8.58. The van der Waals surface area contributed by atoms with Crippen molar-refractivity contribution < 1.29 is 9.59 Å². The largest absolute Gasteiger partial charge is 0.352 e. The highest BCUT2D eigenvalue weighted by molar-refractivity contribution is 5.97. The summed E-state index contributed by atoms with van der Waals surface area (Å²) in [6, 6.07) is 1.16. The number of amides is 2. The van der Waals surface area contributed by atoms with Gasteiger partial charge in [-0.25, -0.2) is 0 Å². The van der Waals surface area contributed by atoms with Crippen molar-refractivity contribution in [3.63, 3.8) is 0 Å². The Bertz CT molecular complexity index is 608. The second-order valence-electron chi connectivity index (χ2n) is 7.37. The third kappa shape index (κ3) is 4.14. The van der Waals surface area contributed by atoms with Gasteiger partial charge in [0.25, 0.3) is 5.91 Å². The molecule has 0 radical (unpaired) electrons. The molecule has 7 nitrogen and oxygen atoms in total. The van der Waals surface area contributed by atoms with Crippen LogP contribution in [0.1, 0.15) is 50.3 Å². The Hall–Kier alpha value is -1.89. The molecule has 1 aromatic rings. The summed E-state index contributed by atoms with van der Waals surface area (Å²) in [6.07, 6.45) is 1.30. The normalized spacial score (nSPS) is 20.9. The molecule has 1 aliphatic heterocycles. The average Bonchev–Trinajstić information content (AvgIpc) is 3.00. The van der Waals surface area contributed by atoms with E-state index in [1.54, 1.807) is 16.6 Å². The molecular weight excluding hydrogens is 306 g/mol. The van der Waals surface area contributed by atoms with Crippen LogP contribution in [0, 0.1) is 5.92 Å². The number of likely N-dealkylation sites (tertiary alicyclic amines) is 1. The zero-order valence-electron chi connectivity index (χ0n) is 15.2. The molecule has 1 aromatic heterocycles. The fraction of sp³-hybridized carbons (Fsp3) is 0.706. The van der Waals surface area contributed by atoms with E-state index < -0.39 is 6.04 Å². The molecule has 0 aliphatic carbocycles. The lowest BCUT2D eigenvalue weighted by molar-refractivity contribution is -0.125. The zero-order valence-corrected chi connectivity index (χ0v) is 15.2. The number of nitrogens with two attached hydrogens (primary N) is 1. The second kappa shape index (κ2) is 7.34. The first-order valence-electron chi connectivity index (χ1n) is 8.58. The molecule has 0 aromatic carbocycles. The quantitative estimate of drug-likeness (QED) is 0.828. The van der Waals surface area contributed by atoms with Crippen molar-refractivity contribution in [1.82, 2.24) is 20.0 Å². The zero-order chi connectivity index (χ0) is 18.0. The summed E-state index contributed by atoms with van der Waals surface area (Å²) in [5.74, 6) is 0.139. The Balaban J connectivity index is 2.20. The number of carbonyl (C=O) groups is 2. The molecule has 134 valence electrons. The lowest BCUT2D eigenvalue weighted by atomic mass is 10.1. The molecule has 0 bridgehead atoms. The van der Waals surface area contributed by atoms with Crippen LogP contribution in [0.25, 0.3) is 0 Å². The van der Waals surface area contributed by atoms with Gasteiger partial charge >= 0.3 is 0 Å². The minimum absolute atomic E-state index is 0.0284. The van der Waals surface area contributed by atoms with Crippen molar-refractivity contribution >= 4 is 11.8 Å². The van der Waals surface area contributed by atoms with Gasteiger partial charge in [-0.2, -0.15) is 5.10 Å². The van der Waals surface area contributed by atoms with Gasteiger partial charge in [-0.05, 0) is 38.7 Å². The standard InChI is InChI=1S/C17H29N5O2/c1-10(2)6-13-8-15(21(5)20-13)17(24)22-9-12(18)7-14(22)16(23)19-11(3)4/h8,10-12,14H,6-7,9,18H2,1-5H3,(H,19,23)/t12-,14+/m1/s1. The van der Waals surface area contributed by atoms with Crippen LogP contribution >= 0.6 is 0 Å². The van der Waals surface area contributed by atoms with Gasteiger partial charge in [0.15, 0.2) is 0 Å². The van der Waals surface area contributed by atoms with E-state index in [4.69, 9.17) is 5.73 Å². The van der Waals surface area contributed by atoms with E-state index in [1.165, 1.54) is 0 Å². The maximum absolute atomic E-state index is 12.9. The Morgan fingerprint density at radius 1 is 1.38 bits per heavy atom. The molecule has 2 atom stereocenters. The van der Waals surface area contributed by atoms with Crippen LogP contribution in [0.15, 0.2) is 6.07 Å². The Morgan fingerprint density at radius 2 is 2.04 bits per heavy atom. The van der Waals surface area contributed by atoms with Crippen molar-refractivity contribution in [1.29, 1.82) is 0 Å². The highest BCUT2D eigenvalue weighted by atomic mass is 16.2. The number of nitrogens with zero attached hydrogens (tertiary/aromatic N) is 3. The van der Waals surface area contributed by atoms with Gasteiger partial charge in [-0.1, -0.05) is 13.8 Å². The summed E-state index contributed by atoms with van der Waals surface area (Å²) in [4.78, 5) is 26.9.